The molecular weight excluding hydrogens is 263 g/mol. The molecule has 2 N–H and O–H groups in total. The summed E-state index contributed by atoms with van der Waals surface area (Å²) in [6.07, 6.45) is 0.344. The fraction of sp³-hybridized carbons (Fsp3) is 0.500. The summed E-state index contributed by atoms with van der Waals surface area (Å²) in [7, 11) is 0. The third-order valence-electron chi connectivity index (χ3n) is 3.22. The molecule has 1 aromatic carbocycles. The summed E-state index contributed by atoms with van der Waals surface area (Å²) >= 11 is 4.93. The Morgan fingerprint density at radius 2 is 2.05 bits per heavy atom. The van der Waals surface area contributed by atoms with Crippen molar-refractivity contribution in [1.29, 1.82) is 0 Å². The molecule has 0 radical (unpaired) electrons. The van der Waals surface area contributed by atoms with Crippen molar-refractivity contribution in [2.75, 3.05) is 13.1 Å². The first-order valence-corrected chi connectivity index (χ1v) is 6.82. The first kappa shape index (κ1) is 14.4. The highest BCUT2D eigenvalue weighted by Crippen LogP contribution is 2.17. The number of halogens is 1. The number of nitrogens with two attached hydrogens (primary N) is 1. The van der Waals surface area contributed by atoms with Crippen LogP contribution in [0, 0.1) is 5.82 Å². The molecule has 0 aromatic heterocycles. The van der Waals surface area contributed by atoms with Gasteiger partial charge in [-0.15, -0.1) is 0 Å². The molecule has 3 nitrogen and oxygen atoms in total. The van der Waals surface area contributed by atoms with Crippen LogP contribution in [0.5, 0.6) is 0 Å². The van der Waals surface area contributed by atoms with Gasteiger partial charge in [0.05, 0.1) is 12.2 Å². The molecule has 0 amide bonds. The molecule has 1 aromatic rings. The minimum Gasteiger partial charge on any atom is -0.389 e. The molecule has 0 bridgehead atoms. The van der Waals surface area contributed by atoms with Crippen LogP contribution >= 0.6 is 12.2 Å². The van der Waals surface area contributed by atoms with Crippen LogP contribution in [-0.2, 0) is 11.3 Å². The highest BCUT2D eigenvalue weighted by atomic mass is 32.1. The van der Waals surface area contributed by atoms with Crippen LogP contribution in [0.1, 0.15) is 25.0 Å². The van der Waals surface area contributed by atoms with Crippen molar-refractivity contribution in [2.24, 2.45) is 5.73 Å². The van der Waals surface area contributed by atoms with Crippen molar-refractivity contribution in [3.8, 4) is 0 Å². The van der Waals surface area contributed by atoms with Crippen LogP contribution in [0.2, 0.25) is 0 Å². The van der Waals surface area contributed by atoms with E-state index in [1.165, 1.54) is 6.07 Å². The second-order valence-corrected chi connectivity index (χ2v) is 5.56. The lowest BCUT2D eigenvalue weighted by molar-refractivity contribution is -0.0707. The third-order valence-corrected chi connectivity index (χ3v) is 3.46. The smallest absolute Gasteiger partial charge is 0.127 e. The summed E-state index contributed by atoms with van der Waals surface area (Å²) in [4.78, 5) is 2.49. The van der Waals surface area contributed by atoms with Crippen LogP contribution in [0.3, 0.4) is 0 Å². The number of rotatable bonds is 3. The fourth-order valence-electron chi connectivity index (χ4n) is 2.50. The summed E-state index contributed by atoms with van der Waals surface area (Å²) in [5, 5.41) is 0. The summed E-state index contributed by atoms with van der Waals surface area (Å²) in [6.45, 7) is 6.23. The average Bonchev–Trinajstić information content (AvgIpc) is 2.30. The van der Waals surface area contributed by atoms with Crippen LogP contribution < -0.4 is 5.73 Å². The number of thiocarbonyl (C=S) groups is 1. The standard InChI is InChI=1S/C14H19FN2OS/c1-9-6-17(7-10(2)18-9)8-12-5-11(14(16)19)3-4-13(12)15/h3-5,9-10H,6-8H2,1-2H3,(H2,16,19). The van der Waals surface area contributed by atoms with E-state index in [0.717, 1.165) is 13.1 Å². The molecule has 19 heavy (non-hydrogen) atoms. The van der Waals surface area contributed by atoms with E-state index in [0.29, 0.717) is 22.7 Å². The highest BCUT2D eigenvalue weighted by molar-refractivity contribution is 7.80. The third kappa shape index (κ3) is 3.72. The summed E-state index contributed by atoms with van der Waals surface area (Å²) in [5.41, 5.74) is 6.93. The Morgan fingerprint density at radius 1 is 1.42 bits per heavy atom. The van der Waals surface area contributed by atoms with Crippen LogP contribution in [0.4, 0.5) is 4.39 Å². The van der Waals surface area contributed by atoms with E-state index in [-0.39, 0.29) is 18.0 Å². The van der Waals surface area contributed by atoms with Gasteiger partial charge in [-0.25, -0.2) is 4.39 Å². The molecule has 1 aliphatic heterocycles. The number of morpholine rings is 1. The number of nitrogens with zero attached hydrogens (tertiary/aromatic N) is 1. The van der Waals surface area contributed by atoms with E-state index >= 15 is 0 Å². The summed E-state index contributed by atoms with van der Waals surface area (Å²) in [6, 6.07) is 4.78. The summed E-state index contributed by atoms with van der Waals surface area (Å²) in [5.74, 6) is -0.216. The molecule has 2 atom stereocenters. The molecule has 1 aliphatic rings. The molecule has 5 heteroatoms. The number of hydrogen-bond acceptors (Lipinski definition) is 3. The minimum atomic E-state index is -0.216. The molecule has 1 heterocycles. The Hall–Kier alpha value is -1.04. The second kappa shape index (κ2) is 5.94. The molecule has 1 saturated heterocycles. The zero-order chi connectivity index (χ0) is 14.0. The maximum atomic E-state index is 13.8. The number of benzene rings is 1. The largest absolute Gasteiger partial charge is 0.389 e. The van der Waals surface area contributed by atoms with Crippen LogP contribution in [0.25, 0.3) is 0 Å². The second-order valence-electron chi connectivity index (χ2n) is 5.12. The van der Waals surface area contributed by atoms with Gasteiger partial charge >= 0.3 is 0 Å². The van der Waals surface area contributed by atoms with Gasteiger partial charge in [0.1, 0.15) is 10.8 Å². The predicted octanol–water partition coefficient (Wildman–Crippen LogP) is 2.07. The maximum absolute atomic E-state index is 13.8. The Kier molecular flexibility index (Phi) is 4.50. The van der Waals surface area contributed by atoms with Crippen LogP contribution in [-0.4, -0.2) is 35.2 Å². The van der Waals surface area contributed by atoms with E-state index in [1.807, 2.05) is 13.8 Å². The summed E-state index contributed by atoms with van der Waals surface area (Å²) < 4.78 is 19.5. The van der Waals surface area contributed by atoms with Crippen molar-refractivity contribution in [3.63, 3.8) is 0 Å². The zero-order valence-electron chi connectivity index (χ0n) is 11.2. The lowest BCUT2D eigenvalue weighted by atomic mass is 10.1. The zero-order valence-corrected chi connectivity index (χ0v) is 12.0. The molecule has 2 rings (SSSR count). The van der Waals surface area contributed by atoms with Gasteiger partial charge in [0.15, 0.2) is 0 Å². The number of ether oxygens (including phenoxy) is 1. The van der Waals surface area contributed by atoms with E-state index in [4.69, 9.17) is 22.7 Å². The van der Waals surface area contributed by atoms with Crippen molar-refractivity contribution >= 4 is 17.2 Å². The van der Waals surface area contributed by atoms with E-state index in [1.54, 1.807) is 12.1 Å². The normalized spacial score (nSPS) is 24.4. The van der Waals surface area contributed by atoms with E-state index < -0.39 is 0 Å². The molecule has 104 valence electrons. The van der Waals surface area contributed by atoms with Gasteiger partial charge in [-0.3, -0.25) is 4.90 Å². The van der Waals surface area contributed by atoms with Gasteiger partial charge in [-0.2, -0.15) is 0 Å². The van der Waals surface area contributed by atoms with Crippen LogP contribution in [0.15, 0.2) is 18.2 Å². The Labute approximate surface area is 118 Å². The Balaban J connectivity index is 2.13. The van der Waals surface area contributed by atoms with Gasteiger partial charge in [-0.1, -0.05) is 12.2 Å². The maximum Gasteiger partial charge on any atom is 0.127 e. The molecule has 2 unspecified atom stereocenters. The Morgan fingerprint density at radius 3 is 2.63 bits per heavy atom. The Bertz CT molecular complexity index is 471. The van der Waals surface area contributed by atoms with Crippen molar-refractivity contribution < 1.29 is 9.13 Å². The van der Waals surface area contributed by atoms with Gasteiger partial charge in [-0.05, 0) is 32.0 Å². The van der Waals surface area contributed by atoms with E-state index in [9.17, 15) is 4.39 Å². The van der Waals surface area contributed by atoms with Gasteiger partial charge < -0.3 is 10.5 Å². The predicted molar refractivity (Wildman–Crippen MR) is 77.6 cm³/mol. The molecule has 1 fully saturated rings. The van der Waals surface area contributed by atoms with Gasteiger partial charge in [0, 0.05) is 30.8 Å². The molecule has 0 spiro atoms. The quantitative estimate of drug-likeness (QED) is 0.861. The lowest BCUT2D eigenvalue weighted by Crippen LogP contribution is -2.44. The molecule has 0 aliphatic carbocycles. The van der Waals surface area contributed by atoms with E-state index in [2.05, 4.69) is 4.90 Å². The van der Waals surface area contributed by atoms with Gasteiger partial charge in [0.2, 0.25) is 0 Å². The first-order chi connectivity index (χ1) is 8.95. The van der Waals surface area contributed by atoms with Crippen molar-refractivity contribution in [3.05, 3.63) is 35.1 Å². The number of hydrogen-bond donors (Lipinski definition) is 1. The average molecular weight is 282 g/mol. The van der Waals surface area contributed by atoms with Gasteiger partial charge in [0.25, 0.3) is 0 Å². The molecular formula is C14H19FN2OS. The minimum absolute atomic E-state index is 0.172. The lowest BCUT2D eigenvalue weighted by Gasteiger charge is -2.35. The molecule has 0 saturated carbocycles. The SMILES string of the molecule is CC1CN(Cc2cc(C(N)=S)ccc2F)CC(C)O1. The van der Waals surface area contributed by atoms with Crippen molar-refractivity contribution in [2.45, 2.75) is 32.6 Å². The highest BCUT2D eigenvalue weighted by Gasteiger charge is 2.22. The first-order valence-electron chi connectivity index (χ1n) is 6.41. The van der Waals surface area contributed by atoms with Crippen molar-refractivity contribution in [1.82, 2.24) is 4.90 Å². The fourth-order valence-corrected chi connectivity index (χ4v) is 2.63. The topological polar surface area (TPSA) is 38.5 Å². The monoisotopic (exact) mass is 282 g/mol.